The highest BCUT2D eigenvalue weighted by molar-refractivity contribution is 6.04. The molecule has 34 heavy (non-hydrogen) atoms. The molecule has 2 N–H and O–H groups in total. The van der Waals surface area contributed by atoms with Crippen molar-refractivity contribution in [3.8, 4) is 5.75 Å². The number of nitrogens with zero attached hydrogens (tertiary/aromatic N) is 2. The van der Waals surface area contributed by atoms with Gasteiger partial charge in [-0.25, -0.2) is 4.79 Å². The van der Waals surface area contributed by atoms with E-state index in [2.05, 4.69) is 15.6 Å². The number of ether oxygens (including phenoxy) is 1. The predicted octanol–water partition coefficient (Wildman–Crippen LogP) is 2.82. The number of amides is 4. The Morgan fingerprint density at radius 1 is 1.12 bits per heavy atom. The van der Waals surface area contributed by atoms with Crippen LogP contribution in [-0.4, -0.2) is 46.9 Å². The van der Waals surface area contributed by atoms with Gasteiger partial charge in [0.2, 0.25) is 5.91 Å². The van der Waals surface area contributed by atoms with Gasteiger partial charge in [0, 0.05) is 29.7 Å². The first kappa shape index (κ1) is 21.9. The quantitative estimate of drug-likeness (QED) is 0.554. The smallest absolute Gasteiger partial charge is 0.322 e. The second kappa shape index (κ2) is 8.44. The Balaban J connectivity index is 1.27. The van der Waals surface area contributed by atoms with Gasteiger partial charge in [-0.1, -0.05) is 30.3 Å². The molecular weight excluding hydrogens is 432 g/mol. The van der Waals surface area contributed by atoms with Crippen LogP contribution in [-0.2, 0) is 21.6 Å². The van der Waals surface area contributed by atoms with Crippen LogP contribution in [0.1, 0.15) is 30.2 Å². The number of imide groups is 1. The lowest BCUT2D eigenvalue weighted by Crippen LogP contribution is -2.45. The third-order valence-corrected chi connectivity index (χ3v) is 6.72. The van der Waals surface area contributed by atoms with Crippen molar-refractivity contribution in [2.24, 2.45) is 0 Å². The topological polar surface area (TPSA) is 101 Å². The fourth-order valence-corrected chi connectivity index (χ4v) is 4.76. The van der Waals surface area contributed by atoms with Crippen LogP contribution in [0.15, 0.2) is 54.6 Å². The van der Waals surface area contributed by atoms with Crippen molar-refractivity contribution in [3.63, 3.8) is 0 Å². The van der Waals surface area contributed by atoms with Crippen molar-refractivity contribution in [2.75, 3.05) is 13.1 Å². The van der Waals surface area contributed by atoms with Crippen LogP contribution in [0, 0.1) is 6.92 Å². The Kier molecular flexibility index (Phi) is 5.43. The van der Waals surface area contributed by atoms with Crippen molar-refractivity contribution in [2.45, 2.75) is 38.3 Å². The number of fused-ring (bicyclic) bond motifs is 1. The summed E-state index contributed by atoms with van der Waals surface area (Å²) in [6, 6.07) is 16.4. The molecule has 0 radical (unpaired) electrons. The zero-order valence-electron chi connectivity index (χ0n) is 19.1. The van der Waals surface area contributed by atoms with Crippen LogP contribution in [0.5, 0.6) is 5.75 Å². The number of hydrogen-bond donors (Lipinski definition) is 2. The standard InChI is InChI=1S/C26H26N4O4/c1-16-13-17(20-5-3-4-6-21(20)27-16)15-34-19-9-7-18(8-10-19)26(2)11-12-30(24(26)32)14-22-23(31)29-25(33)28-22/h3-10,13,22H,11-12,14-15H2,1-2H3,(H2,28,29,31,33). The molecule has 0 aliphatic carbocycles. The molecule has 8 heteroatoms. The van der Waals surface area contributed by atoms with Crippen molar-refractivity contribution in [3.05, 3.63) is 71.4 Å². The summed E-state index contributed by atoms with van der Waals surface area (Å²) in [5, 5.41) is 5.83. The van der Waals surface area contributed by atoms with E-state index in [-0.39, 0.29) is 12.5 Å². The first-order valence-corrected chi connectivity index (χ1v) is 11.3. The maximum Gasteiger partial charge on any atom is 0.322 e. The summed E-state index contributed by atoms with van der Waals surface area (Å²) in [7, 11) is 0. The summed E-state index contributed by atoms with van der Waals surface area (Å²) in [5.74, 6) is 0.275. The lowest BCUT2D eigenvalue weighted by atomic mass is 9.81. The van der Waals surface area contributed by atoms with Crippen LogP contribution in [0.4, 0.5) is 4.79 Å². The number of rotatable bonds is 6. The molecular formula is C26H26N4O4. The van der Waals surface area contributed by atoms with Gasteiger partial charge in [-0.3, -0.25) is 19.9 Å². The largest absolute Gasteiger partial charge is 0.489 e. The van der Waals surface area contributed by atoms with Crippen molar-refractivity contribution >= 4 is 28.7 Å². The molecule has 2 aliphatic heterocycles. The zero-order valence-corrected chi connectivity index (χ0v) is 19.1. The number of benzene rings is 2. The normalized spacial score (nSPS) is 22.2. The third-order valence-electron chi connectivity index (χ3n) is 6.72. The summed E-state index contributed by atoms with van der Waals surface area (Å²) >= 11 is 0. The minimum atomic E-state index is -0.706. The van der Waals surface area contributed by atoms with Crippen LogP contribution in [0.3, 0.4) is 0 Å². The molecule has 0 saturated carbocycles. The summed E-state index contributed by atoms with van der Waals surface area (Å²) < 4.78 is 6.06. The molecule has 8 nitrogen and oxygen atoms in total. The Bertz CT molecular complexity index is 1290. The summed E-state index contributed by atoms with van der Waals surface area (Å²) in [5.41, 5.74) is 3.18. The van der Waals surface area contributed by atoms with Crippen molar-refractivity contribution in [1.82, 2.24) is 20.5 Å². The lowest BCUT2D eigenvalue weighted by molar-refractivity contribution is -0.132. The van der Waals surface area contributed by atoms with Gasteiger partial charge in [0.25, 0.3) is 5.91 Å². The van der Waals surface area contributed by atoms with E-state index >= 15 is 0 Å². The molecule has 174 valence electrons. The van der Waals surface area contributed by atoms with E-state index in [0.717, 1.165) is 33.5 Å². The van der Waals surface area contributed by atoms with E-state index in [0.29, 0.717) is 19.6 Å². The molecule has 0 spiro atoms. The highest BCUT2D eigenvalue weighted by Gasteiger charge is 2.45. The van der Waals surface area contributed by atoms with E-state index in [9.17, 15) is 14.4 Å². The van der Waals surface area contributed by atoms with Gasteiger partial charge in [-0.05, 0) is 50.1 Å². The summed E-state index contributed by atoms with van der Waals surface area (Å²) in [4.78, 5) is 42.6. The van der Waals surface area contributed by atoms with Crippen LogP contribution < -0.4 is 15.4 Å². The van der Waals surface area contributed by atoms with E-state index < -0.39 is 23.4 Å². The van der Waals surface area contributed by atoms with Crippen LogP contribution >= 0.6 is 0 Å². The number of hydrogen-bond acceptors (Lipinski definition) is 5. The number of carbonyl (C=O) groups excluding carboxylic acids is 3. The van der Waals surface area contributed by atoms with Gasteiger partial charge < -0.3 is 15.0 Å². The number of urea groups is 1. The average Bonchev–Trinajstić information content (AvgIpc) is 3.30. The van der Waals surface area contributed by atoms with Crippen LogP contribution in [0.25, 0.3) is 10.9 Å². The molecule has 0 bridgehead atoms. The highest BCUT2D eigenvalue weighted by atomic mass is 16.5. The van der Waals surface area contributed by atoms with E-state index in [1.165, 1.54) is 0 Å². The Morgan fingerprint density at radius 2 is 1.88 bits per heavy atom. The Hall–Kier alpha value is -3.94. The first-order chi connectivity index (χ1) is 16.3. The van der Waals surface area contributed by atoms with Crippen molar-refractivity contribution < 1.29 is 19.1 Å². The fraction of sp³-hybridized carbons (Fsp3) is 0.308. The molecule has 2 saturated heterocycles. The van der Waals surface area contributed by atoms with E-state index in [4.69, 9.17) is 4.74 Å². The zero-order chi connectivity index (χ0) is 23.9. The van der Waals surface area contributed by atoms with Gasteiger partial charge in [0.15, 0.2) is 0 Å². The molecule has 2 aromatic carbocycles. The summed E-state index contributed by atoms with van der Waals surface area (Å²) in [6.07, 6.45) is 0.636. The number of aryl methyl sites for hydroxylation is 1. The summed E-state index contributed by atoms with van der Waals surface area (Å²) in [6.45, 7) is 5.02. The molecule has 4 amide bonds. The second-order valence-corrected chi connectivity index (χ2v) is 9.10. The van der Waals surface area contributed by atoms with Gasteiger partial charge in [0.1, 0.15) is 18.4 Å². The SMILES string of the molecule is Cc1cc(COc2ccc(C3(C)CCN(CC4NC(=O)NC4=O)C3=O)cc2)c2ccccc2n1. The minimum Gasteiger partial charge on any atom is -0.489 e. The lowest BCUT2D eigenvalue weighted by Gasteiger charge is -2.25. The first-order valence-electron chi connectivity index (χ1n) is 11.3. The third kappa shape index (κ3) is 3.96. The molecule has 2 aliphatic rings. The molecule has 3 aromatic rings. The predicted molar refractivity (Wildman–Crippen MR) is 126 cm³/mol. The van der Waals surface area contributed by atoms with Crippen molar-refractivity contribution in [1.29, 1.82) is 0 Å². The Morgan fingerprint density at radius 3 is 2.62 bits per heavy atom. The van der Waals surface area contributed by atoms with Gasteiger partial charge in [-0.2, -0.15) is 0 Å². The van der Waals surface area contributed by atoms with Gasteiger partial charge in [0.05, 0.1) is 10.9 Å². The number of likely N-dealkylation sites (tertiary alicyclic amines) is 1. The minimum absolute atomic E-state index is 0.0474. The maximum atomic E-state index is 13.2. The second-order valence-electron chi connectivity index (χ2n) is 9.10. The number of carbonyl (C=O) groups is 3. The fourth-order valence-electron chi connectivity index (χ4n) is 4.76. The number of pyridine rings is 1. The number of aromatic nitrogens is 1. The van der Waals surface area contributed by atoms with E-state index in [1.807, 2.05) is 68.4 Å². The monoisotopic (exact) mass is 458 g/mol. The molecule has 3 heterocycles. The molecule has 2 unspecified atom stereocenters. The highest BCUT2D eigenvalue weighted by Crippen LogP contribution is 2.36. The molecule has 2 fully saturated rings. The number of para-hydroxylation sites is 1. The number of nitrogens with one attached hydrogen (secondary N) is 2. The molecule has 5 rings (SSSR count). The molecule has 1 aromatic heterocycles. The molecule has 2 atom stereocenters. The van der Waals surface area contributed by atoms with Gasteiger partial charge >= 0.3 is 6.03 Å². The maximum absolute atomic E-state index is 13.2. The van der Waals surface area contributed by atoms with Gasteiger partial charge in [-0.15, -0.1) is 0 Å². The van der Waals surface area contributed by atoms with E-state index in [1.54, 1.807) is 4.90 Å². The van der Waals surface area contributed by atoms with Crippen LogP contribution in [0.2, 0.25) is 0 Å². The Labute approximate surface area is 197 Å². The average molecular weight is 459 g/mol.